The largest absolute Gasteiger partial charge is 0.495 e. The predicted octanol–water partition coefficient (Wildman–Crippen LogP) is 4.27. The zero-order valence-corrected chi connectivity index (χ0v) is 17.5. The van der Waals surface area contributed by atoms with Crippen LogP contribution in [0.5, 0.6) is 5.75 Å². The van der Waals surface area contributed by atoms with E-state index in [1.165, 1.54) is 11.3 Å². The van der Waals surface area contributed by atoms with Crippen molar-refractivity contribution in [3.63, 3.8) is 0 Å². The van der Waals surface area contributed by atoms with E-state index in [4.69, 9.17) is 4.74 Å². The van der Waals surface area contributed by atoms with Gasteiger partial charge in [-0.2, -0.15) is 0 Å². The van der Waals surface area contributed by atoms with Crippen LogP contribution in [0.25, 0.3) is 10.2 Å². The van der Waals surface area contributed by atoms with E-state index in [2.05, 4.69) is 10.3 Å². The number of carbonyl (C=O) groups excluding carboxylic acids is 1. The van der Waals surface area contributed by atoms with Gasteiger partial charge in [-0.1, -0.05) is 42.5 Å². The second-order valence-electron chi connectivity index (χ2n) is 6.87. The number of amides is 1. The van der Waals surface area contributed by atoms with E-state index in [-0.39, 0.29) is 11.5 Å². The fourth-order valence-corrected chi connectivity index (χ4v) is 4.39. The van der Waals surface area contributed by atoms with Crippen LogP contribution < -0.4 is 15.6 Å². The summed E-state index contributed by atoms with van der Waals surface area (Å²) in [4.78, 5) is 31.4. The van der Waals surface area contributed by atoms with Crippen molar-refractivity contribution in [1.82, 2.24) is 9.55 Å². The molecular weight excluding hydrogens is 398 g/mol. The first-order valence-electron chi connectivity index (χ1n) is 9.55. The predicted molar refractivity (Wildman–Crippen MR) is 120 cm³/mol. The zero-order chi connectivity index (χ0) is 21.1. The van der Waals surface area contributed by atoms with Gasteiger partial charge in [-0.05, 0) is 36.6 Å². The van der Waals surface area contributed by atoms with Gasteiger partial charge in [-0.15, -0.1) is 11.3 Å². The molecule has 0 radical (unpaired) electrons. The van der Waals surface area contributed by atoms with Crippen LogP contribution in [0.1, 0.15) is 20.8 Å². The summed E-state index contributed by atoms with van der Waals surface area (Å²) in [6, 6.07) is 17.2. The number of aromatic nitrogens is 2. The normalized spacial score (nSPS) is 10.9. The first-order chi connectivity index (χ1) is 14.6. The second-order valence-corrected chi connectivity index (χ2v) is 7.87. The van der Waals surface area contributed by atoms with Gasteiger partial charge >= 0.3 is 0 Å². The van der Waals surface area contributed by atoms with Gasteiger partial charge in [0.15, 0.2) is 0 Å². The van der Waals surface area contributed by atoms with Crippen molar-refractivity contribution in [2.75, 3.05) is 12.4 Å². The van der Waals surface area contributed by atoms with Gasteiger partial charge in [0.2, 0.25) is 0 Å². The minimum atomic E-state index is -0.282. The van der Waals surface area contributed by atoms with E-state index in [1.807, 2.05) is 42.5 Å². The van der Waals surface area contributed by atoms with Gasteiger partial charge in [0.05, 0.1) is 29.4 Å². The summed E-state index contributed by atoms with van der Waals surface area (Å²) in [6.45, 7) is 2.32. The van der Waals surface area contributed by atoms with E-state index in [9.17, 15) is 9.59 Å². The number of nitrogens with one attached hydrogen (secondary N) is 1. The molecular formula is C23H21N3O3S. The molecule has 152 valence electrons. The lowest BCUT2D eigenvalue weighted by atomic mass is 10.1. The summed E-state index contributed by atoms with van der Waals surface area (Å²) < 4.78 is 6.90. The van der Waals surface area contributed by atoms with Gasteiger partial charge in [0, 0.05) is 6.54 Å². The number of carbonyl (C=O) groups is 1. The Kier molecular flexibility index (Phi) is 5.63. The van der Waals surface area contributed by atoms with Gasteiger partial charge in [-0.3, -0.25) is 14.2 Å². The summed E-state index contributed by atoms with van der Waals surface area (Å²) in [7, 11) is 1.55. The highest BCUT2D eigenvalue weighted by molar-refractivity contribution is 7.20. The molecule has 30 heavy (non-hydrogen) atoms. The average molecular weight is 420 g/mol. The third-order valence-corrected chi connectivity index (χ3v) is 6.16. The van der Waals surface area contributed by atoms with Crippen molar-refractivity contribution in [2.45, 2.75) is 19.9 Å². The topological polar surface area (TPSA) is 73.2 Å². The maximum absolute atomic E-state index is 13.0. The lowest BCUT2D eigenvalue weighted by molar-refractivity contribution is 0.102. The van der Waals surface area contributed by atoms with Gasteiger partial charge in [-0.25, -0.2) is 4.98 Å². The molecule has 0 aliphatic carbocycles. The molecule has 0 aliphatic heterocycles. The molecule has 1 amide bonds. The van der Waals surface area contributed by atoms with Crippen molar-refractivity contribution in [3.05, 3.63) is 87.3 Å². The SMILES string of the molecule is COc1ccccc1NC(=O)c1sc2ncn(CCc3ccccc3)c(=O)c2c1C. The molecule has 0 spiro atoms. The maximum atomic E-state index is 13.0. The van der Waals surface area contributed by atoms with E-state index in [1.54, 1.807) is 37.1 Å². The van der Waals surface area contributed by atoms with E-state index in [0.29, 0.717) is 38.6 Å². The van der Waals surface area contributed by atoms with Crippen molar-refractivity contribution in [1.29, 1.82) is 0 Å². The zero-order valence-electron chi connectivity index (χ0n) is 16.7. The minimum Gasteiger partial charge on any atom is -0.495 e. The third kappa shape index (κ3) is 3.84. The molecule has 0 saturated heterocycles. The summed E-state index contributed by atoms with van der Waals surface area (Å²) in [6.07, 6.45) is 2.30. The molecule has 0 bridgehead atoms. The minimum absolute atomic E-state index is 0.124. The Balaban J connectivity index is 1.63. The number of hydrogen-bond acceptors (Lipinski definition) is 5. The number of benzene rings is 2. The fourth-order valence-electron chi connectivity index (χ4n) is 3.36. The maximum Gasteiger partial charge on any atom is 0.266 e. The number of para-hydroxylation sites is 2. The molecule has 0 saturated carbocycles. The summed E-state index contributed by atoms with van der Waals surface area (Å²) >= 11 is 1.22. The second kappa shape index (κ2) is 8.51. The smallest absolute Gasteiger partial charge is 0.266 e. The van der Waals surface area contributed by atoms with E-state index < -0.39 is 0 Å². The molecule has 0 aliphatic rings. The van der Waals surface area contributed by atoms with Crippen LogP contribution in [0.15, 0.2) is 65.7 Å². The molecule has 2 aromatic heterocycles. The quantitative estimate of drug-likeness (QED) is 0.507. The lowest BCUT2D eigenvalue weighted by Crippen LogP contribution is -2.21. The number of hydrogen-bond donors (Lipinski definition) is 1. The number of nitrogens with zero attached hydrogens (tertiary/aromatic N) is 2. The number of thiophene rings is 1. The van der Waals surface area contributed by atoms with Gasteiger partial charge in [0.25, 0.3) is 11.5 Å². The Hall–Kier alpha value is -3.45. The summed E-state index contributed by atoms with van der Waals surface area (Å²) in [5.74, 6) is 0.293. The highest BCUT2D eigenvalue weighted by Gasteiger charge is 2.20. The highest BCUT2D eigenvalue weighted by Crippen LogP contribution is 2.29. The molecule has 0 unspecified atom stereocenters. The third-order valence-electron chi connectivity index (χ3n) is 4.96. The summed E-state index contributed by atoms with van der Waals surface area (Å²) in [5.41, 5.74) is 2.26. The average Bonchev–Trinajstić information content (AvgIpc) is 3.11. The van der Waals surface area contributed by atoms with Gasteiger partial charge < -0.3 is 10.1 Å². The van der Waals surface area contributed by atoms with Crippen LogP contribution in [0, 0.1) is 6.92 Å². The van der Waals surface area contributed by atoms with E-state index >= 15 is 0 Å². The Morgan fingerprint density at radius 1 is 1.13 bits per heavy atom. The van der Waals surface area contributed by atoms with Crippen molar-refractivity contribution < 1.29 is 9.53 Å². The van der Waals surface area contributed by atoms with Crippen LogP contribution in [-0.4, -0.2) is 22.6 Å². The lowest BCUT2D eigenvalue weighted by Gasteiger charge is -2.09. The van der Waals surface area contributed by atoms with Crippen LogP contribution in [0.3, 0.4) is 0 Å². The molecule has 0 atom stereocenters. The molecule has 2 heterocycles. The first-order valence-corrected chi connectivity index (χ1v) is 10.4. The number of methoxy groups -OCH3 is 1. The monoisotopic (exact) mass is 419 g/mol. The highest BCUT2D eigenvalue weighted by atomic mass is 32.1. The molecule has 6 nitrogen and oxygen atoms in total. The number of anilines is 1. The Bertz CT molecular complexity index is 1260. The van der Waals surface area contributed by atoms with Gasteiger partial charge in [0.1, 0.15) is 10.6 Å². The van der Waals surface area contributed by atoms with Crippen LogP contribution in [0.2, 0.25) is 0 Å². The number of aryl methyl sites for hydroxylation is 3. The van der Waals surface area contributed by atoms with Crippen LogP contribution in [0.4, 0.5) is 5.69 Å². The number of fused-ring (bicyclic) bond motifs is 1. The Labute approximate surface area is 177 Å². The van der Waals surface area contributed by atoms with E-state index in [0.717, 1.165) is 12.0 Å². The Morgan fingerprint density at radius 2 is 1.87 bits per heavy atom. The molecule has 4 rings (SSSR count). The Morgan fingerprint density at radius 3 is 2.63 bits per heavy atom. The molecule has 4 aromatic rings. The molecule has 2 aromatic carbocycles. The molecule has 0 fully saturated rings. The van der Waals surface area contributed by atoms with Crippen molar-refractivity contribution in [3.8, 4) is 5.75 Å². The van der Waals surface area contributed by atoms with Crippen molar-refractivity contribution >= 4 is 33.1 Å². The molecule has 7 heteroatoms. The summed E-state index contributed by atoms with van der Waals surface area (Å²) in [5, 5.41) is 3.37. The number of rotatable bonds is 6. The van der Waals surface area contributed by atoms with Crippen molar-refractivity contribution in [2.24, 2.45) is 0 Å². The fraction of sp³-hybridized carbons (Fsp3) is 0.174. The number of ether oxygens (including phenoxy) is 1. The van der Waals surface area contributed by atoms with Crippen LogP contribution >= 0.6 is 11.3 Å². The molecule has 1 N–H and O–H groups in total. The first kappa shape index (κ1) is 19.8. The van der Waals surface area contributed by atoms with Crippen LogP contribution in [-0.2, 0) is 13.0 Å². The standard InChI is InChI=1S/C23H21N3O3S/c1-15-19-22(24-14-26(23(19)28)13-12-16-8-4-3-5-9-16)30-20(15)21(27)25-17-10-6-7-11-18(17)29-2/h3-11,14H,12-13H2,1-2H3,(H,25,27).